The van der Waals surface area contributed by atoms with E-state index in [0.29, 0.717) is 31.1 Å². The van der Waals surface area contributed by atoms with Crippen molar-refractivity contribution in [2.24, 2.45) is 5.92 Å². The molecule has 172 valence electrons. The minimum Gasteiger partial charge on any atom is -0.497 e. The molecule has 3 aromatic rings. The van der Waals surface area contributed by atoms with E-state index in [4.69, 9.17) is 18.9 Å². The Balaban J connectivity index is 1.33. The zero-order valence-corrected chi connectivity index (χ0v) is 18.5. The predicted molar refractivity (Wildman–Crippen MR) is 123 cm³/mol. The highest BCUT2D eigenvalue weighted by Crippen LogP contribution is 2.34. The number of rotatable bonds is 7. The molecule has 2 N–H and O–H groups in total. The van der Waals surface area contributed by atoms with Crippen LogP contribution in [0.2, 0.25) is 0 Å². The van der Waals surface area contributed by atoms with E-state index in [0.717, 1.165) is 47.6 Å². The molecule has 2 aromatic carbocycles. The molecule has 8 nitrogen and oxygen atoms in total. The topological polar surface area (TPSA) is 94.7 Å². The lowest BCUT2D eigenvalue weighted by Crippen LogP contribution is -2.32. The summed E-state index contributed by atoms with van der Waals surface area (Å²) in [6, 6.07) is 11.4. The van der Waals surface area contributed by atoms with Gasteiger partial charge in [0, 0.05) is 18.4 Å². The fourth-order valence-corrected chi connectivity index (χ4v) is 4.19. The number of aromatic nitrogens is 2. The van der Waals surface area contributed by atoms with Crippen LogP contribution in [-0.2, 0) is 16.0 Å². The SMILES string of the molecule is COc1ccc2c(c1)CC(C(=O)Nc1ccc(-c3cn[nH]c3)cc1OC[C@@H]1CCCO1)CO2. The number of hydrogen-bond acceptors (Lipinski definition) is 6. The van der Waals surface area contributed by atoms with E-state index in [1.807, 2.05) is 42.6 Å². The Hall–Kier alpha value is -3.52. The van der Waals surface area contributed by atoms with Crippen LogP contribution in [0.15, 0.2) is 48.8 Å². The number of H-pyrrole nitrogens is 1. The monoisotopic (exact) mass is 449 g/mol. The van der Waals surface area contributed by atoms with Crippen LogP contribution in [0, 0.1) is 5.92 Å². The third-order valence-corrected chi connectivity index (χ3v) is 6.06. The third-order valence-electron chi connectivity index (χ3n) is 6.06. The summed E-state index contributed by atoms with van der Waals surface area (Å²) < 4.78 is 22.9. The second-order valence-corrected chi connectivity index (χ2v) is 8.32. The Bertz CT molecular complexity index is 1110. The number of ether oxygens (including phenoxy) is 4. The highest BCUT2D eigenvalue weighted by atomic mass is 16.5. The first-order valence-electron chi connectivity index (χ1n) is 11.2. The fourth-order valence-electron chi connectivity index (χ4n) is 4.19. The zero-order valence-electron chi connectivity index (χ0n) is 18.5. The maximum atomic E-state index is 13.1. The van der Waals surface area contributed by atoms with Crippen LogP contribution < -0.4 is 19.5 Å². The van der Waals surface area contributed by atoms with Crippen molar-refractivity contribution in [3.05, 3.63) is 54.4 Å². The smallest absolute Gasteiger partial charge is 0.231 e. The molecule has 8 heteroatoms. The van der Waals surface area contributed by atoms with Gasteiger partial charge in [-0.25, -0.2) is 0 Å². The van der Waals surface area contributed by atoms with Crippen molar-refractivity contribution in [1.29, 1.82) is 0 Å². The summed E-state index contributed by atoms with van der Waals surface area (Å²) in [6.45, 7) is 1.53. The number of amides is 1. The van der Waals surface area contributed by atoms with E-state index >= 15 is 0 Å². The minimum atomic E-state index is -0.316. The Kier molecular flexibility index (Phi) is 6.17. The van der Waals surface area contributed by atoms with Crippen molar-refractivity contribution >= 4 is 11.6 Å². The number of benzene rings is 2. The summed E-state index contributed by atoms with van der Waals surface area (Å²) in [4.78, 5) is 13.1. The van der Waals surface area contributed by atoms with Gasteiger partial charge in [0.2, 0.25) is 5.91 Å². The number of anilines is 1. The lowest BCUT2D eigenvalue weighted by Gasteiger charge is -2.25. The van der Waals surface area contributed by atoms with Crippen LogP contribution in [0.5, 0.6) is 17.2 Å². The molecule has 0 radical (unpaired) electrons. The first-order chi connectivity index (χ1) is 16.2. The summed E-state index contributed by atoms with van der Waals surface area (Å²) in [5, 5.41) is 9.90. The molecule has 1 unspecified atom stereocenters. The molecule has 1 fully saturated rings. The van der Waals surface area contributed by atoms with Crippen LogP contribution in [-0.4, -0.2) is 49.1 Å². The number of hydrogen-bond donors (Lipinski definition) is 2. The van der Waals surface area contributed by atoms with Crippen molar-refractivity contribution in [1.82, 2.24) is 10.2 Å². The molecule has 1 saturated heterocycles. The molecule has 0 aliphatic carbocycles. The van der Waals surface area contributed by atoms with Gasteiger partial charge in [-0.3, -0.25) is 9.89 Å². The number of carbonyl (C=O) groups excluding carboxylic acids is 1. The molecule has 0 bridgehead atoms. The van der Waals surface area contributed by atoms with Gasteiger partial charge in [0.25, 0.3) is 0 Å². The molecule has 33 heavy (non-hydrogen) atoms. The van der Waals surface area contributed by atoms with Crippen LogP contribution in [0.1, 0.15) is 18.4 Å². The first-order valence-corrected chi connectivity index (χ1v) is 11.2. The summed E-state index contributed by atoms with van der Waals surface area (Å²) >= 11 is 0. The van der Waals surface area contributed by atoms with Crippen molar-refractivity contribution in [2.45, 2.75) is 25.4 Å². The van der Waals surface area contributed by atoms with E-state index in [9.17, 15) is 4.79 Å². The molecule has 2 aliphatic heterocycles. The summed E-state index contributed by atoms with van der Waals surface area (Å²) in [7, 11) is 1.63. The van der Waals surface area contributed by atoms with E-state index in [1.165, 1.54) is 0 Å². The Morgan fingerprint density at radius 2 is 2.18 bits per heavy atom. The quantitative estimate of drug-likeness (QED) is 0.569. The molecular weight excluding hydrogens is 422 g/mol. The molecule has 0 saturated carbocycles. The molecule has 3 heterocycles. The summed E-state index contributed by atoms with van der Waals surface area (Å²) in [5.74, 6) is 1.73. The van der Waals surface area contributed by atoms with Crippen molar-refractivity contribution in [2.75, 3.05) is 32.2 Å². The van der Waals surface area contributed by atoms with E-state index in [-0.39, 0.29) is 17.9 Å². The van der Waals surface area contributed by atoms with Gasteiger partial charge in [-0.2, -0.15) is 5.10 Å². The number of nitrogens with one attached hydrogen (secondary N) is 2. The van der Waals surface area contributed by atoms with Gasteiger partial charge in [0.1, 0.15) is 30.5 Å². The second-order valence-electron chi connectivity index (χ2n) is 8.32. The largest absolute Gasteiger partial charge is 0.497 e. The third kappa shape index (κ3) is 4.80. The van der Waals surface area contributed by atoms with Gasteiger partial charge >= 0.3 is 0 Å². The van der Waals surface area contributed by atoms with Crippen LogP contribution in [0.4, 0.5) is 5.69 Å². The van der Waals surface area contributed by atoms with Crippen molar-refractivity contribution < 1.29 is 23.7 Å². The average molecular weight is 450 g/mol. The average Bonchev–Trinajstić information content (AvgIpc) is 3.57. The second kappa shape index (κ2) is 9.54. The Morgan fingerprint density at radius 1 is 1.24 bits per heavy atom. The van der Waals surface area contributed by atoms with Gasteiger partial charge in [-0.15, -0.1) is 0 Å². The maximum absolute atomic E-state index is 13.1. The highest BCUT2D eigenvalue weighted by Gasteiger charge is 2.27. The molecule has 2 aliphatic rings. The number of aromatic amines is 1. The van der Waals surface area contributed by atoms with E-state index in [1.54, 1.807) is 13.3 Å². The minimum absolute atomic E-state index is 0.0735. The zero-order chi connectivity index (χ0) is 22.6. The molecule has 5 rings (SSSR count). The normalized spacial score (nSPS) is 19.4. The van der Waals surface area contributed by atoms with Gasteiger partial charge in [-0.1, -0.05) is 6.07 Å². The lowest BCUT2D eigenvalue weighted by atomic mass is 9.95. The number of nitrogens with zero attached hydrogens (tertiary/aromatic N) is 1. The molecular formula is C25H27N3O5. The van der Waals surface area contributed by atoms with Crippen molar-refractivity contribution in [3.63, 3.8) is 0 Å². The number of fused-ring (bicyclic) bond motifs is 1. The van der Waals surface area contributed by atoms with Crippen LogP contribution >= 0.6 is 0 Å². The maximum Gasteiger partial charge on any atom is 0.231 e. The fraction of sp³-hybridized carbons (Fsp3) is 0.360. The predicted octanol–water partition coefficient (Wildman–Crippen LogP) is 3.83. The number of methoxy groups -OCH3 is 1. The van der Waals surface area contributed by atoms with Gasteiger partial charge in [0.15, 0.2) is 0 Å². The van der Waals surface area contributed by atoms with E-state index < -0.39 is 0 Å². The van der Waals surface area contributed by atoms with Gasteiger partial charge < -0.3 is 24.3 Å². The number of carbonyl (C=O) groups is 1. The molecule has 2 atom stereocenters. The first kappa shape index (κ1) is 21.3. The van der Waals surface area contributed by atoms with E-state index in [2.05, 4.69) is 15.5 Å². The van der Waals surface area contributed by atoms with Crippen LogP contribution in [0.3, 0.4) is 0 Å². The molecule has 1 aromatic heterocycles. The lowest BCUT2D eigenvalue weighted by molar-refractivity contribution is -0.121. The molecule has 1 amide bonds. The molecule has 0 spiro atoms. The summed E-state index contributed by atoms with van der Waals surface area (Å²) in [6.07, 6.45) is 6.25. The van der Waals surface area contributed by atoms with Gasteiger partial charge in [0.05, 0.1) is 31.0 Å². The standard InChI is InChI=1S/C25H27N3O5/c1-30-20-5-7-23-17(10-20)9-18(14-32-23)25(29)28-22-6-4-16(19-12-26-27-13-19)11-24(22)33-15-21-3-2-8-31-21/h4-7,10-13,18,21H,2-3,8-9,14-15H2,1H3,(H,26,27)(H,28,29)/t18?,21-/m0/s1. The van der Waals surface area contributed by atoms with Crippen LogP contribution in [0.25, 0.3) is 11.1 Å². The van der Waals surface area contributed by atoms with Gasteiger partial charge in [-0.05, 0) is 60.7 Å². The van der Waals surface area contributed by atoms with Crippen molar-refractivity contribution in [3.8, 4) is 28.4 Å². The Labute approximate surface area is 192 Å². The highest BCUT2D eigenvalue weighted by molar-refractivity contribution is 5.95. The Morgan fingerprint density at radius 3 is 2.97 bits per heavy atom. The summed E-state index contributed by atoms with van der Waals surface area (Å²) in [5.41, 5.74) is 3.49.